The molecule has 222 valence electrons. The lowest BCUT2D eigenvalue weighted by Crippen LogP contribution is -2.45. The third-order valence-corrected chi connectivity index (χ3v) is 7.37. The van der Waals surface area contributed by atoms with Gasteiger partial charge in [0, 0.05) is 31.9 Å². The van der Waals surface area contributed by atoms with E-state index in [-0.39, 0.29) is 12.2 Å². The monoisotopic (exact) mass is 687 g/mol. The minimum absolute atomic E-state index is 0.116. The van der Waals surface area contributed by atoms with Crippen LogP contribution in [0.5, 0.6) is 11.5 Å². The number of carbonyl (C=O) groups is 2. The van der Waals surface area contributed by atoms with Gasteiger partial charge in [-0.2, -0.15) is 5.10 Å². The third kappa shape index (κ3) is 7.05. The van der Waals surface area contributed by atoms with Gasteiger partial charge in [0.25, 0.3) is 0 Å². The molecule has 0 fully saturated rings. The number of hydrogen-bond acceptors (Lipinski definition) is 8. The van der Waals surface area contributed by atoms with Crippen LogP contribution in [0.3, 0.4) is 0 Å². The minimum atomic E-state index is -1.10. The first-order valence-electron chi connectivity index (χ1n) is 13.3. The number of halogens is 1. The second kappa shape index (κ2) is 13.7. The number of rotatable bonds is 11. The smallest absolute Gasteiger partial charge is 0.337 e. The van der Waals surface area contributed by atoms with Crippen LogP contribution in [0, 0.1) is 17.4 Å². The van der Waals surface area contributed by atoms with Gasteiger partial charge in [-0.05, 0) is 98.3 Å². The Bertz CT molecular complexity index is 1520. The first-order chi connectivity index (χ1) is 20.1. The number of nitrogens with one attached hydrogen (secondary N) is 3. The maximum atomic E-state index is 12.4. The highest BCUT2D eigenvalue weighted by molar-refractivity contribution is 14.1. The Balaban J connectivity index is 1.43. The van der Waals surface area contributed by atoms with Gasteiger partial charge in [0.2, 0.25) is 0 Å². The van der Waals surface area contributed by atoms with Crippen LogP contribution in [0.4, 0.5) is 4.79 Å². The Morgan fingerprint density at radius 1 is 1.14 bits per heavy atom. The molecular weight excluding hydrogens is 653 g/mol. The summed E-state index contributed by atoms with van der Waals surface area (Å²) in [7, 11) is 1.28. The van der Waals surface area contributed by atoms with Gasteiger partial charge < -0.3 is 34.5 Å². The molecule has 1 aromatic heterocycles. The number of hydrogen-bond donors (Lipinski definition) is 4. The van der Waals surface area contributed by atoms with Crippen molar-refractivity contribution >= 4 is 40.8 Å². The molecule has 0 saturated carbocycles. The molecule has 0 bridgehead atoms. The van der Waals surface area contributed by atoms with E-state index < -0.39 is 24.3 Å². The number of aryl methyl sites for hydroxylation is 1. The largest absolute Gasteiger partial charge is 0.490 e. The van der Waals surface area contributed by atoms with Crippen LogP contribution < -0.4 is 25.5 Å². The molecule has 0 aliphatic carbocycles. The molecule has 42 heavy (non-hydrogen) atoms. The average Bonchev–Trinajstić information content (AvgIpc) is 3.24. The van der Waals surface area contributed by atoms with Crippen molar-refractivity contribution in [1.29, 1.82) is 0 Å². The number of aromatic nitrogens is 1. The molecule has 2 amide bonds. The Hall–Kier alpha value is -4.04. The van der Waals surface area contributed by atoms with E-state index in [9.17, 15) is 14.7 Å². The quantitative estimate of drug-likeness (QED) is 0.0780. The summed E-state index contributed by atoms with van der Waals surface area (Å²) in [5.41, 5.74) is 8.06. The van der Waals surface area contributed by atoms with Crippen LogP contribution in [-0.2, 0) is 9.53 Å². The van der Waals surface area contributed by atoms with Crippen LogP contribution >= 0.6 is 22.6 Å². The summed E-state index contributed by atoms with van der Waals surface area (Å²) in [5.74, 6) is 0.213. The number of carbonyl (C=O) groups excluding carboxylic acids is 2. The minimum Gasteiger partial charge on any atom is -0.490 e. The molecule has 4 rings (SSSR count). The number of aliphatic hydroxyl groups is 1. The third-order valence-electron chi connectivity index (χ3n) is 6.65. The number of aliphatic hydroxyl groups excluding tert-OH is 1. The molecule has 1 aliphatic heterocycles. The van der Waals surface area contributed by atoms with E-state index in [1.54, 1.807) is 31.3 Å². The number of nitrogens with zero attached hydrogens (tertiary/aromatic N) is 2. The van der Waals surface area contributed by atoms with Crippen LogP contribution in [0.15, 0.2) is 64.9 Å². The maximum Gasteiger partial charge on any atom is 0.337 e. The highest BCUT2D eigenvalue weighted by Crippen LogP contribution is 2.35. The summed E-state index contributed by atoms with van der Waals surface area (Å²) in [6, 6.07) is 14.2. The fourth-order valence-corrected chi connectivity index (χ4v) is 5.08. The maximum absolute atomic E-state index is 12.4. The van der Waals surface area contributed by atoms with E-state index in [1.165, 1.54) is 10.7 Å². The number of ether oxygens (including phenoxy) is 3. The fourth-order valence-electron chi connectivity index (χ4n) is 4.72. The number of urea groups is 1. The van der Waals surface area contributed by atoms with E-state index in [0.29, 0.717) is 29.4 Å². The average molecular weight is 688 g/mol. The van der Waals surface area contributed by atoms with Crippen LogP contribution in [-0.4, -0.2) is 54.4 Å². The van der Waals surface area contributed by atoms with Gasteiger partial charge in [-0.25, -0.2) is 9.59 Å². The van der Waals surface area contributed by atoms with E-state index in [1.807, 2.05) is 26.8 Å². The Morgan fingerprint density at radius 2 is 1.88 bits per heavy atom. The second-order valence-electron chi connectivity index (χ2n) is 9.55. The van der Waals surface area contributed by atoms with Crippen molar-refractivity contribution in [2.45, 2.75) is 40.0 Å². The molecule has 0 radical (unpaired) electrons. The van der Waals surface area contributed by atoms with Crippen molar-refractivity contribution in [3.63, 3.8) is 0 Å². The first kappa shape index (κ1) is 30.9. The standard InChI is InChI=1S/C30H34IN5O6/c1-6-41-25-14-20(28-27(29(38)40-5)18(3)33-30(39)34-28)7-12-24(25)42-16-26(37)35-32-15-21-13-17(2)36(19(21)4)23-10-8-22(31)9-11-23/h7-15,26,28,35,37H,6,16H2,1-5H3,(H2,33,34,39)/b32-15+/t26-,28-/m0/s1. The molecule has 0 unspecified atom stereocenters. The normalized spacial score (nSPS) is 15.7. The van der Waals surface area contributed by atoms with E-state index in [2.05, 4.69) is 72.6 Å². The van der Waals surface area contributed by atoms with Crippen molar-refractivity contribution in [3.8, 4) is 17.2 Å². The highest BCUT2D eigenvalue weighted by Gasteiger charge is 2.32. The summed E-state index contributed by atoms with van der Waals surface area (Å²) < 4.78 is 19.8. The summed E-state index contributed by atoms with van der Waals surface area (Å²) in [5, 5.41) is 20.0. The zero-order valence-corrected chi connectivity index (χ0v) is 26.2. The Labute approximate surface area is 258 Å². The number of methoxy groups -OCH3 is 1. The lowest BCUT2D eigenvalue weighted by molar-refractivity contribution is -0.136. The molecule has 3 aromatic rings. The molecule has 1 aliphatic rings. The van der Waals surface area contributed by atoms with E-state index in [4.69, 9.17) is 14.2 Å². The Morgan fingerprint density at radius 3 is 2.57 bits per heavy atom. The molecule has 2 atom stereocenters. The van der Waals surface area contributed by atoms with Gasteiger partial charge in [-0.3, -0.25) is 5.43 Å². The van der Waals surface area contributed by atoms with Gasteiger partial charge >= 0.3 is 12.0 Å². The second-order valence-corrected chi connectivity index (χ2v) is 10.8. The predicted molar refractivity (Wildman–Crippen MR) is 167 cm³/mol. The van der Waals surface area contributed by atoms with Crippen molar-refractivity contribution in [2.24, 2.45) is 5.10 Å². The lowest BCUT2D eigenvalue weighted by atomic mass is 9.95. The molecule has 0 spiro atoms. The fraction of sp³-hybridized carbons (Fsp3) is 0.300. The molecule has 2 aromatic carbocycles. The summed E-state index contributed by atoms with van der Waals surface area (Å²) in [6.07, 6.45) is 0.562. The van der Waals surface area contributed by atoms with Crippen molar-refractivity contribution in [1.82, 2.24) is 20.6 Å². The van der Waals surface area contributed by atoms with E-state index in [0.717, 1.165) is 22.6 Å². The molecule has 12 heteroatoms. The number of amides is 2. The Kier molecular flexibility index (Phi) is 10.1. The van der Waals surface area contributed by atoms with Crippen LogP contribution in [0.2, 0.25) is 0 Å². The SMILES string of the molecule is CCOc1cc([C@@H]2NC(=O)NC(C)=C2C(=O)OC)ccc1OC[C@H](O)N/N=C/c1cc(C)n(-c2ccc(I)cc2)c1C. The number of benzene rings is 2. The predicted octanol–water partition coefficient (Wildman–Crippen LogP) is 4.22. The van der Waals surface area contributed by atoms with Gasteiger partial charge in [-0.15, -0.1) is 0 Å². The van der Waals surface area contributed by atoms with Gasteiger partial charge in [0.1, 0.15) is 6.61 Å². The number of esters is 1. The van der Waals surface area contributed by atoms with E-state index >= 15 is 0 Å². The molecular formula is C30H34IN5O6. The number of allylic oxidation sites excluding steroid dienone is 1. The van der Waals surface area contributed by atoms with Crippen molar-refractivity contribution in [3.05, 3.63) is 85.9 Å². The zero-order chi connectivity index (χ0) is 30.4. The molecule has 4 N–H and O–H groups in total. The summed E-state index contributed by atoms with van der Waals surface area (Å²) >= 11 is 2.28. The molecule has 11 nitrogen and oxygen atoms in total. The number of hydrazone groups is 1. The van der Waals surface area contributed by atoms with Gasteiger partial charge in [0.15, 0.2) is 17.7 Å². The molecule has 0 saturated heterocycles. The molecule has 2 heterocycles. The van der Waals surface area contributed by atoms with Crippen LogP contribution in [0.1, 0.15) is 42.4 Å². The lowest BCUT2D eigenvalue weighted by Gasteiger charge is -2.28. The van der Waals surface area contributed by atoms with Crippen molar-refractivity contribution in [2.75, 3.05) is 20.3 Å². The highest BCUT2D eigenvalue weighted by atomic mass is 127. The summed E-state index contributed by atoms with van der Waals surface area (Å²) in [4.78, 5) is 24.6. The van der Waals surface area contributed by atoms with Crippen molar-refractivity contribution < 1.29 is 28.9 Å². The topological polar surface area (TPSA) is 135 Å². The zero-order valence-electron chi connectivity index (χ0n) is 24.0. The summed E-state index contributed by atoms with van der Waals surface area (Å²) in [6.45, 7) is 7.75. The van der Waals surface area contributed by atoms with Gasteiger partial charge in [-0.1, -0.05) is 6.07 Å². The van der Waals surface area contributed by atoms with Gasteiger partial charge in [0.05, 0.1) is 31.5 Å². The first-order valence-corrected chi connectivity index (χ1v) is 14.4. The van der Waals surface area contributed by atoms with Crippen LogP contribution in [0.25, 0.3) is 5.69 Å².